The van der Waals surface area contributed by atoms with E-state index in [1.54, 1.807) is 0 Å². The lowest BCUT2D eigenvalue weighted by atomic mass is 9.88. The second kappa shape index (κ2) is 4.41. The van der Waals surface area contributed by atoms with Gasteiger partial charge in [-0.15, -0.1) is 0 Å². The fourth-order valence-corrected chi connectivity index (χ4v) is 3.20. The van der Waals surface area contributed by atoms with Crippen LogP contribution in [0.15, 0.2) is 30.3 Å². The maximum Gasteiger partial charge on any atom is 0.0723 e. The molecule has 0 spiro atoms. The van der Waals surface area contributed by atoms with E-state index in [-0.39, 0.29) is 6.10 Å². The summed E-state index contributed by atoms with van der Waals surface area (Å²) in [6.45, 7) is 3.11. The molecular weight excluding hydrogens is 212 g/mol. The van der Waals surface area contributed by atoms with Crippen molar-refractivity contribution in [3.8, 4) is 0 Å². The Hall–Kier alpha value is -0.900. The molecule has 3 saturated heterocycles. The summed E-state index contributed by atoms with van der Waals surface area (Å²) in [5.74, 6) is 0. The molecule has 3 fully saturated rings. The third kappa shape index (κ3) is 2.10. The average molecular weight is 232 g/mol. The van der Waals surface area contributed by atoms with Gasteiger partial charge in [0.25, 0.3) is 0 Å². The van der Waals surface area contributed by atoms with Crippen molar-refractivity contribution in [3.63, 3.8) is 0 Å². The summed E-state index contributed by atoms with van der Waals surface area (Å²) in [6, 6.07) is 11.5. The van der Waals surface area contributed by atoms with Gasteiger partial charge in [-0.1, -0.05) is 30.3 Å². The van der Waals surface area contributed by atoms with E-state index in [1.165, 1.54) is 5.56 Å². The molecular formula is C14H20N2O. The predicted molar refractivity (Wildman–Crippen MR) is 67.7 cm³/mol. The third-order valence-electron chi connectivity index (χ3n) is 4.19. The molecule has 3 heterocycles. The maximum atomic E-state index is 9.99. The minimum absolute atomic E-state index is 0.134. The quantitative estimate of drug-likeness (QED) is 0.822. The number of piperazine rings is 1. The molecule has 0 unspecified atom stereocenters. The van der Waals surface area contributed by atoms with Crippen molar-refractivity contribution in [1.82, 2.24) is 9.80 Å². The average Bonchev–Trinajstić information content (AvgIpc) is 2.32. The largest absolute Gasteiger partial charge is 0.391 e. The van der Waals surface area contributed by atoms with E-state index >= 15 is 0 Å². The van der Waals surface area contributed by atoms with Crippen LogP contribution in [0.25, 0.3) is 0 Å². The van der Waals surface area contributed by atoms with Gasteiger partial charge in [0.15, 0.2) is 0 Å². The molecule has 17 heavy (non-hydrogen) atoms. The van der Waals surface area contributed by atoms with E-state index < -0.39 is 0 Å². The highest BCUT2D eigenvalue weighted by Crippen LogP contribution is 2.29. The van der Waals surface area contributed by atoms with Crippen LogP contribution in [0.2, 0.25) is 0 Å². The molecule has 1 aromatic rings. The highest BCUT2D eigenvalue weighted by molar-refractivity contribution is 5.15. The first-order valence-corrected chi connectivity index (χ1v) is 6.40. The zero-order valence-corrected chi connectivity index (χ0v) is 10.3. The van der Waals surface area contributed by atoms with Crippen molar-refractivity contribution in [3.05, 3.63) is 35.9 Å². The Balaban J connectivity index is 1.71. The topological polar surface area (TPSA) is 26.7 Å². The molecule has 3 nitrogen and oxygen atoms in total. The van der Waals surface area contributed by atoms with Crippen molar-refractivity contribution >= 4 is 0 Å². The Labute approximate surface area is 103 Å². The molecule has 0 aromatic heterocycles. The lowest BCUT2D eigenvalue weighted by Crippen LogP contribution is -2.66. The molecule has 3 aliphatic heterocycles. The summed E-state index contributed by atoms with van der Waals surface area (Å²) in [4.78, 5) is 4.83. The van der Waals surface area contributed by atoms with E-state index in [0.717, 1.165) is 26.1 Å². The number of aliphatic hydroxyl groups excluding tert-OH is 1. The smallest absolute Gasteiger partial charge is 0.0723 e. The molecule has 1 N–H and O–H groups in total. The number of aliphatic hydroxyl groups is 1. The zero-order valence-electron chi connectivity index (χ0n) is 10.3. The standard InChI is InChI=1S/C14H20N2O/c1-15-9-12-7-14(17)13(15)10-16(12)8-11-5-3-2-4-6-11/h2-6,12-14,17H,7-10H2,1H3/t12-,13+,14-/m0/s1. The minimum Gasteiger partial charge on any atom is -0.391 e. The van der Waals surface area contributed by atoms with Crippen LogP contribution in [-0.4, -0.2) is 53.2 Å². The van der Waals surface area contributed by atoms with Crippen LogP contribution < -0.4 is 0 Å². The van der Waals surface area contributed by atoms with Crippen LogP contribution >= 0.6 is 0 Å². The summed E-state index contributed by atoms with van der Waals surface area (Å²) < 4.78 is 0. The van der Waals surface area contributed by atoms with E-state index in [0.29, 0.717) is 12.1 Å². The highest BCUT2D eigenvalue weighted by atomic mass is 16.3. The van der Waals surface area contributed by atoms with Crippen molar-refractivity contribution in [2.45, 2.75) is 31.2 Å². The first-order valence-electron chi connectivity index (χ1n) is 6.40. The zero-order chi connectivity index (χ0) is 11.8. The molecule has 3 aliphatic rings. The Bertz CT molecular complexity index is 369. The van der Waals surface area contributed by atoms with Crippen LogP contribution in [0.4, 0.5) is 0 Å². The maximum absolute atomic E-state index is 9.99. The van der Waals surface area contributed by atoms with Gasteiger partial charge in [0.05, 0.1) is 6.10 Å². The molecule has 0 saturated carbocycles. The molecule has 2 bridgehead atoms. The predicted octanol–water partition coefficient (Wildman–Crippen LogP) is 0.936. The molecule has 4 rings (SSSR count). The van der Waals surface area contributed by atoms with Crippen molar-refractivity contribution in [1.29, 1.82) is 0 Å². The number of piperidine rings is 2. The van der Waals surface area contributed by atoms with Gasteiger partial charge in [0.2, 0.25) is 0 Å². The minimum atomic E-state index is -0.134. The lowest BCUT2D eigenvalue weighted by molar-refractivity contribution is -0.0875. The molecule has 0 aliphatic carbocycles. The summed E-state index contributed by atoms with van der Waals surface area (Å²) in [5, 5.41) is 9.99. The summed E-state index contributed by atoms with van der Waals surface area (Å²) in [5.41, 5.74) is 1.37. The molecule has 0 amide bonds. The second-order valence-electron chi connectivity index (χ2n) is 5.38. The van der Waals surface area contributed by atoms with Gasteiger partial charge in [-0.25, -0.2) is 0 Å². The number of hydrogen-bond acceptors (Lipinski definition) is 3. The summed E-state index contributed by atoms with van der Waals surface area (Å²) in [6.07, 6.45) is 0.799. The van der Waals surface area contributed by atoms with E-state index in [4.69, 9.17) is 0 Å². The van der Waals surface area contributed by atoms with Gasteiger partial charge in [0.1, 0.15) is 0 Å². The second-order valence-corrected chi connectivity index (χ2v) is 5.38. The Morgan fingerprint density at radius 1 is 1.24 bits per heavy atom. The van der Waals surface area contributed by atoms with Gasteiger partial charge in [-0.05, 0) is 19.0 Å². The first kappa shape index (κ1) is 11.2. The van der Waals surface area contributed by atoms with Gasteiger partial charge < -0.3 is 5.11 Å². The monoisotopic (exact) mass is 232 g/mol. The molecule has 92 valence electrons. The number of hydrogen-bond donors (Lipinski definition) is 1. The number of rotatable bonds is 2. The summed E-state index contributed by atoms with van der Waals surface area (Å²) in [7, 11) is 2.12. The van der Waals surface area contributed by atoms with E-state index in [9.17, 15) is 5.11 Å². The number of likely N-dealkylation sites (N-methyl/N-ethyl adjacent to an activating group) is 1. The SMILES string of the molecule is CN1C[C@@H]2C[C@H](O)[C@H]1CN2Cc1ccccc1. The van der Waals surface area contributed by atoms with Crippen molar-refractivity contribution in [2.75, 3.05) is 20.1 Å². The molecule has 0 radical (unpaired) electrons. The normalized spacial score (nSPS) is 34.1. The highest BCUT2D eigenvalue weighted by Gasteiger charge is 2.42. The van der Waals surface area contributed by atoms with Crippen LogP contribution in [0.3, 0.4) is 0 Å². The Morgan fingerprint density at radius 3 is 2.65 bits per heavy atom. The van der Waals surface area contributed by atoms with E-state index in [2.05, 4.69) is 47.2 Å². The van der Waals surface area contributed by atoms with Crippen LogP contribution in [0, 0.1) is 0 Å². The fourth-order valence-electron chi connectivity index (χ4n) is 3.20. The molecule has 1 aromatic carbocycles. The molecule has 3 atom stereocenters. The number of nitrogens with zero attached hydrogens (tertiary/aromatic N) is 2. The van der Waals surface area contributed by atoms with Gasteiger partial charge in [0, 0.05) is 31.7 Å². The Morgan fingerprint density at radius 2 is 2.00 bits per heavy atom. The van der Waals surface area contributed by atoms with Gasteiger partial charge in [-0.2, -0.15) is 0 Å². The Kier molecular flexibility index (Phi) is 2.90. The van der Waals surface area contributed by atoms with E-state index in [1.807, 2.05) is 0 Å². The number of fused-ring (bicyclic) bond motifs is 3. The lowest BCUT2D eigenvalue weighted by Gasteiger charge is -2.52. The van der Waals surface area contributed by atoms with Crippen molar-refractivity contribution < 1.29 is 5.11 Å². The van der Waals surface area contributed by atoms with Crippen LogP contribution in [0.1, 0.15) is 12.0 Å². The van der Waals surface area contributed by atoms with Gasteiger partial charge in [-0.3, -0.25) is 9.80 Å². The summed E-state index contributed by atoms with van der Waals surface area (Å²) >= 11 is 0. The van der Waals surface area contributed by atoms with Gasteiger partial charge >= 0.3 is 0 Å². The van der Waals surface area contributed by atoms with Crippen molar-refractivity contribution in [2.24, 2.45) is 0 Å². The number of benzene rings is 1. The van der Waals surface area contributed by atoms with Crippen LogP contribution in [-0.2, 0) is 6.54 Å². The molecule has 3 heteroatoms. The first-order chi connectivity index (χ1) is 8.24. The van der Waals surface area contributed by atoms with Crippen LogP contribution in [0.5, 0.6) is 0 Å². The fraction of sp³-hybridized carbons (Fsp3) is 0.571. The third-order valence-corrected chi connectivity index (χ3v) is 4.19.